The van der Waals surface area contributed by atoms with Crippen LogP contribution in [0.15, 0.2) is 76.1 Å². The van der Waals surface area contributed by atoms with E-state index < -0.39 is 56.9 Å². The molecule has 43 heavy (non-hydrogen) atoms. The Morgan fingerprint density at radius 2 is 1.60 bits per heavy atom. The molecule has 0 aliphatic heterocycles. The molecule has 1 N–H and O–H groups in total. The second-order valence-electron chi connectivity index (χ2n) is 10.1. The number of anilines is 1. The average molecular weight is 703 g/mol. The van der Waals surface area contributed by atoms with Gasteiger partial charge in [0.25, 0.3) is 10.0 Å². The first-order chi connectivity index (χ1) is 20.0. The molecular formula is C30H32BrClF3N3O4S. The number of amides is 2. The maximum absolute atomic E-state index is 14.0. The summed E-state index contributed by atoms with van der Waals surface area (Å²) in [6.45, 7) is 6.01. The Labute approximate surface area is 263 Å². The normalized spacial score (nSPS) is 13.2. The molecule has 0 saturated heterocycles. The highest BCUT2D eigenvalue weighted by molar-refractivity contribution is 9.10. The number of nitrogens with one attached hydrogen (secondary N) is 1. The quantitative estimate of drug-likeness (QED) is 0.234. The number of carbonyl (C=O) groups is 2. The SMILES string of the molecule is CC[C@H](C)NC(=O)[C@H](C)N(Cc1ccc(Br)cc1)C(=O)CN(c1ccc(Cl)c(C(F)(F)F)c1)S(=O)(=O)c1ccc(C)cc1. The molecule has 0 heterocycles. The number of benzene rings is 3. The fraction of sp³-hybridized carbons (Fsp3) is 0.333. The van der Waals surface area contributed by atoms with E-state index in [0.717, 1.165) is 22.2 Å². The standard InChI is InChI=1S/C30H32BrClF3N3O4S/c1-5-20(3)36-29(40)21(4)37(17-22-8-10-23(31)11-9-22)28(39)18-38(43(41,42)25-13-6-19(2)7-14-25)24-12-15-27(32)26(16-24)30(33,34)35/h6-16,20-21H,5,17-18H2,1-4H3,(H,36,40)/t20-,21-/m0/s1. The van der Waals surface area contributed by atoms with Crippen LogP contribution in [0.4, 0.5) is 18.9 Å². The Morgan fingerprint density at radius 3 is 2.16 bits per heavy atom. The van der Waals surface area contributed by atoms with Gasteiger partial charge in [0.05, 0.1) is 21.2 Å². The highest BCUT2D eigenvalue weighted by Gasteiger charge is 2.37. The van der Waals surface area contributed by atoms with Crippen LogP contribution in [0.3, 0.4) is 0 Å². The first-order valence-corrected chi connectivity index (χ1v) is 16.0. The second-order valence-corrected chi connectivity index (χ2v) is 13.3. The minimum absolute atomic E-state index is 0.0615. The van der Waals surface area contributed by atoms with Crippen LogP contribution in [0.5, 0.6) is 0 Å². The lowest BCUT2D eigenvalue weighted by Crippen LogP contribution is -2.52. The molecule has 0 fully saturated rings. The monoisotopic (exact) mass is 701 g/mol. The Morgan fingerprint density at radius 1 is 1.00 bits per heavy atom. The summed E-state index contributed by atoms with van der Waals surface area (Å²) in [6, 6.07) is 14.1. The number of hydrogen-bond donors (Lipinski definition) is 1. The first-order valence-electron chi connectivity index (χ1n) is 13.3. The van der Waals surface area contributed by atoms with Gasteiger partial charge in [0.15, 0.2) is 0 Å². The summed E-state index contributed by atoms with van der Waals surface area (Å²) in [6.07, 6.45) is -4.24. The summed E-state index contributed by atoms with van der Waals surface area (Å²) in [5, 5.41) is 2.20. The molecule has 0 aromatic heterocycles. The molecule has 2 amide bonds. The highest BCUT2D eigenvalue weighted by Crippen LogP contribution is 2.38. The zero-order valence-corrected chi connectivity index (χ0v) is 27.1. The van der Waals surface area contributed by atoms with E-state index in [0.29, 0.717) is 22.4 Å². The minimum Gasteiger partial charge on any atom is -0.352 e. The van der Waals surface area contributed by atoms with Crippen molar-refractivity contribution >= 4 is 55.1 Å². The topological polar surface area (TPSA) is 86.8 Å². The van der Waals surface area contributed by atoms with Crippen molar-refractivity contribution in [2.45, 2.75) is 63.8 Å². The maximum Gasteiger partial charge on any atom is 0.417 e. The van der Waals surface area contributed by atoms with Crippen LogP contribution in [0.2, 0.25) is 5.02 Å². The van der Waals surface area contributed by atoms with Gasteiger partial charge in [-0.25, -0.2) is 8.42 Å². The van der Waals surface area contributed by atoms with E-state index >= 15 is 0 Å². The predicted molar refractivity (Wildman–Crippen MR) is 164 cm³/mol. The summed E-state index contributed by atoms with van der Waals surface area (Å²) in [5.74, 6) is -1.26. The lowest BCUT2D eigenvalue weighted by Gasteiger charge is -2.32. The summed E-state index contributed by atoms with van der Waals surface area (Å²) in [4.78, 5) is 28.1. The third kappa shape index (κ3) is 8.73. The van der Waals surface area contributed by atoms with Crippen molar-refractivity contribution in [1.82, 2.24) is 10.2 Å². The molecule has 3 rings (SSSR count). The number of aryl methyl sites for hydroxylation is 1. The lowest BCUT2D eigenvalue weighted by molar-refractivity contribution is -0.139. The molecule has 13 heteroatoms. The third-order valence-corrected chi connectivity index (χ3v) is 9.51. The zero-order chi connectivity index (χ0) is 32.1. The van der Waals surface area contributed by atoms with Crippen molar-refractivity contribution in [1.29, 1.82) is 0 Å². The smallest absolute Gasteiger partial charge is 0.352 e. The van der Waals surface area contributed by atoms with Gasteiger partial charge in [-0.15, -0.1) is 0 Å². The average Bonchev–Trinajstić information content (AvgIpc) is 2.95. The van der Waals surface area contributed by atoms with Gasteiger partial charge in [-0.05, 0) is 75.2 Å². The van der Waals surface area contributed by atoms with Gasteiger partial charge in [0, 0.05) is 17.1 Å². The van der Waals surface area contributed by atoms with E-state index in [-0.39, 0.29) is 17.5 Å². The van der Waals surface area contributed by atoms with Crippen molar-refractivity contribution < 1.29 is 31.2 Å². The van der Waals surface area contributed by atoms with Crippen molar-refractivity contribution in [2.24, 2.45) is 0 Å². The number of halogens is 5. The third-order valence-electron chi connectivity index (χ3n) is 6.87. The largest absolute Gasteiger partial charge is 0.417 e. The molecule has 2 atom stereocenters. The number of sulfonamides is 1. The Kier molecular flexibility index (Phi) is 11.3. The van der Waals surface area contributed by atoms with E-state index in [2.05, 4.69) is 21.2 Å². The van der Waals surface area contributed by atoms with Crippen LogP contribution < -0.4 is 9.62 Å². The molecule has 0 aliphatic rings. The summed E-state index contributed by atoms with van der Waals surface area (Å²) in [7, 11) is -4.55. The van der Waals surface area contributed by atoms with Gasteiger partial charge < -0.3 is 10.2 Å². The molecule has 0 unspecified atom stereocenters. The Balaban J connectivity index is 2.11. The number of hydrogen-bond acceptors (Lipinski definition) is 4. The van der Waals surface area contributed by atoms with Gasteiger partial charge in [-0.2, -0.15) is 13.2 Å². The summed E-state index contributed by atoms with van der Waals surface area (Å²) in [5.41, 5.74) is -0.255. The molecule has 0 bridgehead atoms. The predicted octanol–water partition coefficient (Wildman–Crippen LogP) is 6.96. The van der Waals surface area contributed by atoms with E-state index in [1.54, 1.807) is 38.1 Å². The van der Waals surface area contributed by atoms with Crippen LogP contribution in [0, 0.1) is 6.92 Å². The molecule has 0 saturated carbocycles. The van der Waals surface area contributed by atoms with Gasteiger partial charge in [-0.1, -0.05) is 64.3 Å². The summed E-state index contributed by atoms with van der Waals surface area (Å²) < 4.78 is 70.5. The first kappa shape index (κ1) is 34.4. The number of nitrogens with zero attached hydrogens (tertiary/aromatic N) is 2. The van der Waals surface area contributed by atoms with Crippen molar-refractivity contribution in [3.8, 4) is 0 Å². The maximum atomic E-state index is 14.0. The van der Waals surface area contributed by atoms with Crippen LogP contribution in [0.25, 0.3) is 0 Å². The van der Waals surface area contributed by atoms with Gasteiger partial charge in [-0.3, -0.25) is 13.9 Å². The second kappa shape index (κ2) is 14.1. The molecule has 0 spiro atoms. The van der Waals surface area contributed by atoms with E-state index in [1.807, 2.05) is 6.92 Å². The molecule has 232 valence electrons. The van der Waals surface area contributed by atoms with Crippen molar-refractivity contribution in [3.05, 3.63) is 92.9 Å². The molecule has 3 aromatic rings. The highest BCUT2D eigenvalue weighted by atomic mass is 79.9. The molecule has 3 aromatic carbocycles. The van der Waals surface area contributed by atoms with Crippen LogP contribution >= 0.6 is 27.5 Å². The van der Waals surface area contributed by atoms with Crippen LogP contribution in [0.1, 0.15) is 43.9 Å². The molecule has 7 nitrogen and oxygen atoms in total. The summed E-state index contributed by atoms with van der Waals surface area (Å²) >= 11 is 9.16. The number of carbonyl (C=O) groups excluding carboxylic acids is 2. The van der Waals surface area contributed by atoms with E-state index in [4.69, 9.17) is 11.6 Å². The van der Waals surface area contributed by atoms with Gasteiger partial charge in [0.2, 0.25) is 11.8 Å². The van der Waals surface area contributed by atoms with Crippen molar-refractivity contribution in [2.75, 3.05) is 10.8 Å². The number of alkyl halides is 3. The Bertz CT molecular complexity index is 1550. The Hall–Kier alpha value is -3.09. The molecule has 0 radical (unpaired) electrons. The molecule has 0 aliphatic carbocycles. The zero-order valence-electron chi connectivity index (χ0n) is 24.0. The van der Waals surface area contributed by atoms with Gasteiger partial charge >= 0.3 is 6.18 Å². The number of rotatable bonds is 11. The van der Waals surface area contributed by atoms with Crippen LogP contribution in [-0.2, 0) is 32.3 Å². The van der Waals surface area contributed by atoms with Crippen molar-refractivity contribution in [3.63, 3.8) is 0 Å². The van der Waals surface area contributed by atoms with Gasteiger partial charge in [0.1, 0.15) is 12.6 Å². The van der Waals surface area contributed by atoms with Crippen LogP contribution in [-0.4, -0.2) is 43.8 Å². The molecular weight excluding hydrogens is 671 g/mol. The minimum atomic E-state index is -4.88. The van der Waals surface area contributed by atoms with E-state index in [9.17, 15) is 31.2 Å². The van der Waals surface area contributed by atoms with E-state index in [1.165, 1.54) is 36.1 Å². The lowest BCUT2D eigenvalue weighted by atomic mass is 10.1. The fourth-order valence-electron chi connectivity index (χ4n) is 4.09. The fourth-order valence-corrected chi connectivity index (χ4v) is 5.98.